The standard InChI is InChI=1S/C15H19N3O5/c1-10-5-7-17(8-6-10)15(20)14(19)16-12-9-11(18(21)22)3-4-13(12)23-2/h3-4,9-10H,5-8H2,1-2H3,(H,16,19). The van der Waals surface area contributed by atoms with E-state index in [1.807, 2.05) is 0 Å². The van der Waals surface area contributed by atoms with Gasteiger partial charge in [0, 0.05) is 25.2 Å². The third kappa shape index (κ3) is 3.97. The molecule has 0 atom stereocenters. The van der Waals surface area contributed by atoms with Crippen LogP contribution in [0, 0.1) is 16.0 Å². The van der Waals surface area contributed by atoms with Crippen molar-refractivity contribution in [1.82, 2.24) is 4.90 Å². The van der Waals surface area contributed by atoms with Crippen LogP contribution in [-0.4, -0.2) is 41.8 Å². The van der Waals surface area contributed by atoms with E-state index in [1.54, 1.807) is 0 Å². The molecule has 0 bridgehead atoms. The number of benzene rings is 1. The van der Waals surface area contributed by atoms with Crippen molar-refractivity contribution in [3.05, 3.63) is 28.3 Å². The molecule has 23 heavy (non-hydrogen) atoms. The van der Waals surface area contributed by atoms with Crippen molar-refractivity contribution in [3.8, 4) is 5.75 Å². The molecule has 0 saturated carbocycles. The Morgan fingerprint density at radius 1 is 1.35 bits per heavy atom. The lowest BCUT2D eigenvalue weighted by atomic mass is 9.99. The molecule has 1 N–H and O–H groups in total. The quantitative estimate of drug-likeness (QED) is 0.519. The van der Waals surface area contributed by atoms with Crippen molar-refractivity contribution in [3.63, 3.8) is 0 Å². The Morgan fingerprint density at radius 3 is 2.57 bits per heavy atom. The van der Waals surface area contributed by atoms with Crippen LogP contribution in [0.25, 0.3) is 0 Å². The van der Waals surface area contributed by atoms with E-state index in [2.05, 4.69) is 12.2 Å². The first-order valence-corrected chi connectivity index (χ1v) is 7.35. The highest BCUT2D eigenvalue weighted by molar-refractivity contribution is 6.39. The predicted octanol–water partition coefficient (Wildman–Crippen LogP) is 1.80. The first kappa shape index (κ1) is 16.7. The van der Waals surface area contributed by atoms with Crippen molar-refractivity contribution >= 4 is 23.2 Å². The molecule has 2 amide bonds. The molecule has 0 radical (unpaired) electrons. The number of nitrogens with one attached hydrogen (secondary N) is 1. The second-order valence-corrected chi connectivity index (χ2v) is 5.57. The lowest BCUT2D eigenvalue weighted by molar-refractivity contribution is -0.384. The van der Waals surface area contributed by atoms with Gasteiger partial charge in [-0.05, 0) is 24.8 Å². The zero-order valence-electron chi connectivity index (χ0n) is 13.1. The molecule has 1 aromatic rings. The molecule has 1 aliphatic rings. The van der Waals surface area contributed by atoms with Gasteiger partial charge in [0.15, 0.2) is 0 Å². The van der Waals surface area contributed by atoms with Crippen LogP contribution < -0.4 is 10.1 Å². The highest BCUT2D eigenvalue weighted by Crippen LogP contribution is 2.29. The van der Waals surface area contributed by atoms with Gasteiger partial charge >= 0.3 is 11.8 Å². The van der Waals surface area contributed by atoms with Crippen LogP contribution in [0.2, 0.25) is 0 Å². The SMILES string of the molecule is COc1ccc([N+](=O)[O-])cc1NC(=O)C(=O)N1CCC(C)CC1. The summed E-state index contributed by atoms with van der Waals surface area (Å²) in [7, 11) is 1.38. The number of likely N-dealkylation sites (tertiary alicyclic amines) is 1. The zero-order chi connectivity index (χ0) is 17.0. The molecular weight excluding hydrogens is 302 g/mol. The number of ether oxygens (including phenoxy) is 1. The van der Waals surface area contributed by atoms with E-state index in [1.165, 1.54) is 30.2 Å². The van der Waals surface area contributed by atoms with Crippen molar-refractivity contribution in [2.45, 2.75) is 19.8 Å². The van der Waals surface area contributed by atoms with E-state index in [4.69, 9.17) is 4.74 Å². The Kier molecular flexibility index (Phi) is 5.15. The van der Waals surface area contributed by atoms with Crippen LogP contribution in [0.4, 0.5) is 11.4 Å². The fourth-order valence-electron chi connectivity index (χ4n) is 2.44. The molecule has 0 aromatic heterocycles. The molecule has 1 aromatic carbocycles. The number of nitro benzene ring substituents is 1. The molecule has 0 spiro atoms. The van der Waals surface area contributed by atoms with Crippen LogP contribution in [0.15, 0.2) is 18.2 Å². The van der Waals surface area contributed by atoms with Crippen LogP contribution in [0.1, 0.15) is 19.8 Å². The van der Waals surface area contributed by atoms with Gasteiger partial charge in [-0.3, -0.25) is 19.7 Å². The summed E-state index contributed by atoms with van der Waals surface area (Å²) in [4.78, 5) is 36.0. The van der Waals surface area contributed by atoms with Gasteiger partial charge in [0.25, 0.3) is 5.69 Å². The molecule has 1 aliphatic heterocycles. The number of hydrogen-bond donors (Lipinski definition) is 1. The van der Waals surface area contributed by atoms with Crippen molar-refractivity contribution < 1.29 is 19.2 Å². The van der Waals surface area contributed by atoms with Crippen molar-refractivity contribution in [2.24, 2.45) is 5.92 Å². The zero-order valence-corrected chi connectivity index (χ0v) is 13.1. The Hall–Kier alpha value is -2.64. The number of carbonyl (C=O) groups excluding carboxylic acids is 2. The van der Waals surface area contributed by atoms with Crippen LogP contribution in [-0.2, 0) is 9.59 Å². The Bertz CT molecular complexity index is 624. The number of methoxy groups -OCH3 is 1. The summed E-state index contributed by atoms with van der Waals surface area (Å²) in [5, 5.41) is 13.2. The largest absolute Gasteiger partial charge is 0.495 e. The molecule has 1 heterocycles. The number of non-ortho nitro benzene ring substituents is 1. The van der Waals surface area contributed by atoms with Gasteiger partial charge in [-0.1, -0.05) is 6.92 Å². The van der Waals surface area contributed by atoms with Gasteiger partial charge in [0.05, 0.1) is 17.7 Å². The average Bonchev–Trinajstić information content (AvgIpc) is 2.54. The fourth-order valence-corrected chi connectivity index (χ4v) is 2.44. The molecule has 1 fully saturated rings. The van der Waals surface area contributed by atoms with Crippen LogP contribution in [0.5, 0.6) is 5.75 Å². The number of amides is 2. The summed E-state index contributed by atoms with van der Waals surface area (Å²) in [5.74, 6) is -0.660. The number of nitrogens with zero attached hydrogens (tertiary/aromatic N) is 2. The highest BCUT2D eigenvalue weighted by Gasteiger charge is 2.26. The third-order valence-corrected chi connectivity index (χ3v) is 3.91. The molecule has 8 heteroatoms. The van der Waals surface area contributed by atoms with E-state index >= 15 is 0 Å². The van der Waals surface area contributed by atoms with Gasteiger partial charge in [0.1, 0.15) is 5.75 Å². The first-order chi connectivity index (χ1) is 10.9. The molecule has 1 saturated heterocycles. The Morgan fingerprint density at radius 2 is 2.00 bits per heavy atom. The molecule has 0 aliphatic carbocycles. The van der Waals surface area contributed by atoms with E-state index in [0.717, 1.165) is 12.8 Å². The van der Waals surface area contributed by atoms with Crippen molar-refractivity contribution in [2.75, 3.05) is 25.5 Å². The van der Waals surface area contributed by atoms with Gasteiger partial charge in [-0.2, -0.15) is 0 Å². The summed E-state index contributed by atoms with van der Waals surface area (Å²) in [6, 6.07) is 3.81. The van der Waals surface area contributed by atoms with Gasteiger partial charge in [-0.15, -0.1) is 0 Å². The lowest BCUT2D eigenvalue weighted by Crippen LogP contribution is -2.43. The summed E-state index contributed by atoms with van der Waals surface area (Å²) in [5.41, 5.74) is -0.0919. The topological polar surface area (TPSA) is 102 Å². The second kappa shape index (κ2) is 7.08. The average molecular weight is 321 g/mol. The maximum absolute atomic E-state index is 12.2. The number of piperidine rings is 1. The minimum Gasteiger partial charge on any atom is -0.495 e. The maximum Gasteiger partial charge on any atom is 0.314 e. The minimum atomic E-state index is -0.821. The number of hydrogen-bond acceptors (Lipinski definition) is 5. The Labute approximate surface area is 133 Å². The summed E-state index contributed by atoms with van der Waals surface area (Å²) >= 11 is 0. The van der Waals surface area contributed by atoms with Gasteiger partial charge in [0.2, 0.25) is 0 Å². The fraction of sp³-hybridized carbons (Fsp3) is 0.467. The van der Waals surface area contributed by atoms with E-state index in [9.17, 15) is 19.7 Å². The van der Waals surface area contributed by atoms with Crippen LogP contribution >= 0.6 is 0 Å². The maximum atomic E-state index is 12.2. The van der Waals surface area contributed by atoms with E-state index in [0.29, 0.717) is 19.0 Å². The molecule has 8 nitrogen and oxygen atoms in total. The molecular formula is C15H19N3O5. The predicted molar refractivity (Wildman–Crippen MR) is 83.3 cm³/mol. The Balaban J connectivity index is 2.11. The monoisotopic (exact) mass is 321 g/mol. The summed E-state index contributed by atoms with van der Waals surface area (Å²) < 4.78 is 5.06. The van der Waals surface area contributed by atoms with E-state index in [-0.39, 0.29) is 17.1 Å². The third-order valence-electron chi connectivity index (χ3n) is 3.91. The van der Waals surface area contributed by atoms with Gasteiger partial charge < -0.3 is 15.0 Å². The summed E-state index contributed by atoms with van der Waals surface area (Å²) in [6.07, 6.45) is 1.72. The van der Waals surface area contributed by atoms with Crippen LogP contribution in [0.3, 0.4) is 0 Å². The first-order valence-electron chi connectivity index (χ1n) is 7.35. The smallest absolute Gasteiger partial charge is 0.314 e. The molecule has 124 valence electrons. The van der Waals surface area contributed by atoms with Gasteiger partial charge in [-0.25, -0.2) is 0 Å². The van der Waals surface area contributed by atoms with E-state index < -0.39 is 16.7 Å². The lowest BCUT2D eigenvalue weighted by Gasteiger charge is -2.29. The molecule has 0 unspecified atom stereocenters. The van der Waals surface area contributed by atoms with Crippen molar-refractivity contribution in [1.29, 1.82) is 0 Å². The summed E-state index contributed by atoms with van der Waals surface area (Å²) in [6.45, 7) is 3.19. The normalized spacial score (nSPS) is 15.1. The minimum absolute atomic E-state index is 0.102. The number of nitro groups is 1. The number of carbonyl (C=O) groups is 2. The molecule has 2 rings (SSSR count). The second-order valence-electron chi connectivity index (χ2n) is 5.57. The highest BCUT2D eigenvalue weighted by atomic mass is 16.6. The number of rotatable bonds is 3. The number of anilines is 1.